The summed E-state index contributed by atoms with van der Waals surface area (Å²) in [5, 5.41) is 3.17. The second kappa shape index (κ2) is 9.40. The van der Waals surface area contributed by atoms with E-state index in [1.165, 1.54) is 25.6 Å². The molecule has 9 heteroatoms. The number of aromatic nitrogens is 7. The Bertz CT molecular complexity index is 1300. The van der Waals surface area contributed by atoms with Crippen LogP contribution in [0.2, 0.25) is 0 Å². The van der Waals surface area contributed by atoms with Crippen LogP contribution in [0.5, 0.6) is 0 Å². The second-order valence-electron chi connectivity index (χ2n) is 8.55. The number of fused-ring (bicyclic) bond motifs is 1. The normalized spacial score (nSPS) is 14.5. The summed E-state index contributed by atoms with van der Waals surface area (Å²) in [6.07, 6.45) is 14.3. The molecule has 168 valence electrons. The van der Waals surface area contributed by atoms with Gasteiger partial charge in [0.25, 0.3) is 5.56 Å². The molecule has 0 spiro atoms. The van der Waals surface area contributed by atoms with Crippen molar-refractivity contribution in [3.8, 4) is 11.3 Å². The molecule has 33 heavy (non-hydrogen) atoms. The fourth-order valence-electron chi connectivity index (χ4n) is 4.31. The molecule has 4 aromatic heterocycles. The molecule has 0 atom stereocenters. The molecule has 0 saturated heterocycles. The summed E-state index contributed by atoms with van der Waals surface area (Å²) in [4.78, 5) is 39.8. The molecule has 1 saturated carbocycles. The first-order valence-corrected chi connectivity index (χ1v) is 11.4. The van der Waals surface area contributed by atoms with Crippen LogP contribution in [0.1, 0.15) is 43.5 Å². The monoisotopic (exact) mass is 442 g/mol. The minimum atomic E-state index is -0.165. The SMILES string of the molecule is Cc1cnc(CNc2nc3ccc(-c4cncnc4)nc3n(CC3CCCCC3)c2=O)cn1. The van der Waals surface area contributed by atoms with Crippen molar-refractivity contribution in [1.29, 1.82) is 0 Å². The molecule has 1 aliphatic carbocycles. The summed E-state index contributed by atoms with van der Waals surface area (Å²) in [7, 11) is 0. The van der Waals surface area contributed by atoms with Gasteiger partial charge in [0.1, 0.15) is 11.8 Å². The Hall–Kier alpha value is -3.75. The van der Waals surface area contributed by atoms with E-state index in [9.17, 15) is 4.79 Å². The number of aryl methyl sites for hydroxylation is 1. The Morgan fingerprint density at radius 1 is 1.00 bits per heavy atom. The zero-order chi connectivity index (χ0) is 22.6. The second-order valence-corrected chi connectivity index (χ2v) is 8.55. The molecule has 1 N–H and O–H groups in total. The van der Waals surface area contributed by atoms with E-state index in [0.717, 1.165) is 35.5 Å². The lowest BCUT2D eigenvalue weighted by Gasteiger charge is -2.23. The van der Waals surface area contributed by atoms with Crippen molar-refractivity contribution in [2.24, 2.45) is 5.92 Å². The molecule has 4 aromatic rings. The summed E-state index contributed by atoms with van der Waals surface area (Å²) in [6.45, 7) is 2.90. The maximum absolute atomic E-state index is 13.5. The fraction of sp³-hybridized carbons (Fsp3) is 0.375. The van der Waals surface area contributed by atoms with Crippen LogP contribution in [0.3, 0.4) is 0 Å². The van der Waals surface area contributed by atoms with Crippen molar-refractivity contribution in [3.63, 3.8) is 0 Å². The van der Waals surface area contributed by atoms with E-state index in [2.05, 4.69) is 30.2 Å². The lowest BCUT2D eigenvalue weighted by molar-refractivity contribution is 0.319. The van der Waals surface area contributed by atoms with Crippen molar-refractivity contribution in [2.75, 3.05) is 5.32 Å². The molecule has 0 radical (unpaired) electrons. The Balaban J connectivity index is 1.54. The first-order valence-electron chi connectivity index (χ1n) is 11.4. The predicted molar refractivity (Wildman–Crippen MR) is 125 cm³/mol. The summed E-state index contributed by atoms with van der Waals surface area (Å²) < 4.78 is 1.79. The van der Waals surface area contributed by atoms with E-state index in [1.54, 1.807) is 29.4 Å². The maximum Gasteiger partial charge on any atom is 0.294 e. The average molecular weight is 443 g/mol. The highest BCUT2D eigenvalue weighted by Crippen LogP contribution is 2.26. The van der Waals surface area contributed by atoms with Crippen molar-refractivity contribution >= 4 is 17.0 Å². The van der Waals surface area contributed by atoms with Gasteiger partial charge in [-0.3, -0.25) is 19.3 Å². The van der Waals surface area contributed by atoms with Crippen LogP contribution in [0, 0.1) is 12.8 Å². The third kappa shape index (κ3) is 4.72. The van der Waals surface area contributed by atoms with Gasteiger partial charge in [0.05, 0.1) is 29.8 Å². The summed E-state index contributed by atoms with van der Waals surface area (Å²) in [5.74, 6) is 0.765. The van der Waals surface area contributed by atoms with E-state index in [4.69, 9.17) is 4.98 Å². The van der Waals surface area contributed by atoms with Crippen LogP contribution in [-0.2, 0) is 13.1 Å². The lowest BCUT2D eigenvalue weighted by atomic mass is 9.89. The van der Waals surface area contributed by atoms with Gasteiger partial charge in [-0.25, -0.2) is 19.9 Å². The predicted octanol–water partition coefficient (Wildman–Crippen LogP) is 3.54. The van der Waals surface area contributed by atoms with E-state index in [1.807, 2.05) is 19.1 Å². The Morgan fingerprint density at radius 3 is 2.58 bits per heavy atom. The minimum absolute atomic E-state index is 0.165. The Morgan fingerprint density at radius 2 is 1.82 bits per heavy atom. The first-order chi connectivity index (χ1) is 16.2. The van der Waals surface area contributed by atoms with Crippen LogP contribution < -0.4 is 10.9 Å². The molecule has 9 nitrogen and oxygen atoms in total. The molecule has 0 unspecified atom stereocenters. The third-order valence-corrected chi connectivity index (χ3v) is 6.08. The molecule has 0 aliphatic heterocycles. The minimum Gasteiger partial charge on any atom is -0.360 e. The smallest absolute Gasteiger partial charge is 0.294 e. The number of nitrogens with one attached hydrogen (secondary N) is 1. The van der Waals surface area contributed by atoms with E-state index in [0.29, 0.717) is 36.0 Å². The van der Waals surface area contributed by atoms with E-state index in [-0.39, 0.29) is 5.56 Å². The van der Waals surface area contributed by atoms with Gasteiger partial charge < -0.3 is 5.32 Å². The molecule has 0 amide bonds. The number of hydrogen-bond acceptors (Lipinski definition) is 8. The third-order valence-electron chi connectivity index (χ3n) is 6.08. The highest BCUT2D eigenvalue weighted by Gasteiger charge is 2.19. The van der Waals surface area contributed by atoms with Crippen LogP contribution in [-0.4, -0.2) is 34.5 Å². The molecular weight excluding hydrogens is 416 g/mol. The van der Waals surface area contributed by atoms with Crippen LogP contribution in [0.4, 0.5) is 5.82 Å². The van der Waals surface area contributed by atoms with Gasteiger partial charge in [0.2, 0.25) is 0 Å². The Kier molecular flexibility index (Phi) is 6.01. The zero-order valence-electron chi connectivity index (χ0n) is 18.6. The quantitative estimate of drug-likeness (QED) is 0.483. The number of hydrogen-bond donors (Lipinski definition) is 1. The van der Waals surface area contributed by atoms with E-state index >= 15 is 0 Å². The van der Waals surface area contributed by atoms with Gasteiger partial charge in [-0.1, -0.05) is 19.3 Å². The number of nitrogens with zero attached hydrogens (tertiary/aromatic N) is 7. The first kappa shape index (κ1) is 21.1. The zero-order valence-corrected chi connectivity index (χ0v) is 18.6. The molecule has 0 bridgehead atoms. The van der Waals surface area contributed by atoms with Gasteiger partial charge in [-0.15, -0.1) is 0 Å². The summed E-state index contributed by atoms with van der Waals surface area (Å²) >= 11 is 0. The lowest BCUT2D eigenvalue weighted by Crippen LogP contribution is -2.29. The van der Waals surface area contributed by atoms with Crippen molar-refractivity contribution in [3.05, 3.63) is 65.0 Å². The largest absolute Gasteiger partial charge is 0.360 e. The number of anilines is 1. The average Bonchev–Trinajstić information content (AvgIpc) is 2.86. The topological polar surface area (TPSA) is 111 Å². The van der Waals surface area contributed by atoms with Gasteiger partial charge >= 0.3 is 0 Å². The van der Waals surface area contributed by atoms with Gasteiger partial charge in [-0.05, 0) is 37.8 Å². The van der Waals surface area contributed by atoms with Crippen LogP contribution in [0.15, 0.2) is 48.0 Å². The molecule has 0 aromatic carbocycles. The molecular formula is C24H26N8O. The summed E-state index contributed by atoms with van der Waals surface area (Å²) in [5.41, 5.74) is 4.22. The van der Waals surface area contributed by atoms with Crippen molar-refractivity contribution in [2.45, 2.75) is 52.1 Å². The molecule has 1 aliphatic rings. The van der Waals surface area contributed by atoms with Crippen LogP contribution >= 0.6 is 0 Å². The van der Waals surface area contributed by atoms with Crippen molar-refractivity contribution in [1.82, 2.24) is 34.5 Å². The van der Waals surface area contributed by atoms with Crippen molar-refractivity contribution < 1.29 is 0 Å². The standard InChI is InChI=1S/C24H26N8O/c1-16-9-28-19(12-27-16)13-29-22-24(33)32(14-17-5-3-2-4-6-17)23-21(30-22)8-7-20(31-23)18-10-25-15-26-11-18/h7-12,15,17H,2-6,13-14H2,1H3,(H,29,30). The number of rotatable bonds is 6. The van der Waals surface area contributed by atoms with Gasteiger partial charge in [-0.2, -0.15) is 0 Å². The fourth-order valence-corrected chi connectivity index (χ4v) is 4.31. The van der Waals surface area contributed by atoms with E-state index < -0.39 is 0 Å². The van der Waals surface area contributed by atoms with Gasteiger partial charge in [0.15, 0.2) is 11.5 Å². The summed E-state index contributed by atoms with van der Waals surface area (Å²) in [6, 6.07) is 3.79. The van der Waals surface area contributed by atoms with Gasteiger partial charge in [0, 0.05) is 30.7 Å². The number of pyridine rings is 1. The highest BCUT2D eigenvalue weighted by molar-refractivity contribution is 5.76. The Labute approximate surface area is 191 Å². The highest BCUT2D eigenvalue weighted by atomic mass is 16.1. The molecule has 1 fully saturated rings. The molecule has 5 rings (SSSR count). The molecule has 4 heterocycles. The van der Waals surface area contributed by atoms with Crippen LogP contribution in [0.25, 0.3) is 22.4 Å². The maximum atomic E-state index is 13.5.